The third-order valence-corrected chi connectivity index (χ3v) is 2.28. The molecular formula is C11H18O4. The second kappa shape index (κ2) is 4.21. The van der Waals surface area contributed by atoms with Gasteiger partial charge in [0.25, 0.3) is 0 Å². The number of carbonyl (C=O) groups excluding carboxylic acids is 2. The van der Waals surface area contributed by atoms with Gasteiger partial charge in [0.2, 0.25) is 0 Å². The van der Waals surface area contributed by atoms with Crippen molar-refractivity contribution in [3.05, 3.63) is 0 Å². The lowest BCUT2D eigenvalue weighted by atomic mass is 10.2. The van der Waals surface area contributed by atoms with E-state index in [1.54, 1.807) is 0 Å². The first-order valence-corrected chi connectivity index (χ1v) is 5.13. The van der Waals surface area contributed by atoms with Crippen molar-refractivity contribution in [3.8, 4) is 0 Å². The SMILES string of the molecule is COC(=O)[C@H]1C[C@@H]1CC(=O)OC(C)(C)C. The van der Waals surface area contributed by atoms with E-state index in [9.17, 15) is 9.59 Å². The summed E-state index contributed by atoms with van der Waals surface area (Å²) < 4.78 is 9.75. The quantitative estimate of drug-likeness (QED) is 0.668. The fraction of sp³-hybridized carbons (Fsp3) is 0.818. The molecule has 0 unspecified atom stereocenters. The molecule has 0 amide bonds. The molecule has 0 bridgehead atoms. The van der Waals surface area contributed by atoms with Gasteiger partial charge in [-0.1, -0.05) is 0 Å². The molecule has 0 spiro atoms. The van der Waals surface area contributed by atoms with E-state index in [0.29, 0.717) is 6.42 Å². The second-order valence-electron chi connectivity index (χ2n) is 4.92. The molecule has 86 valence electrons. The van der Waals surface area contributed by atoms with E-state index < -0.39 is 5.60 Å². The number of hydrogen-bond donors (Lipinski definition) is 0. The highest BCUT2D eigenvalue weighted by Gasteiger charge is 2.45. The van der Waals surface area contributed by atoms with Gasteiger partial charge in [0.05, 0.1) is 13.0 Å². The van der Waals surface area contributed by atoms with Crippen LogP contribution in [0.3, 0.4) is 0 Å². The lowest BCUT2D eigenvalue weighted by Gasteiger charge is -2.19. The Balaban J connectivity index is 2.28. The van der Waals surface area contributed by atoms with Gasteiger partial charge in [-0.3, -0.25) is 9.59 Å². The topological polar surface area (TPSA) is 52.6 Å². The van der Waals surface area contributed by atoms with E-state index in [4.69, 9.17) is 4.74 Å². The first-order chi connectivity index (χ1) is 6.83. The van der Waals surface area contributed by atoms with Crippen molar-refractivity contribution in [1.29, 1.82) is 0 Å². The predicted molar refractivity (Wildman–Crippen MR) is 54.1 cm³/mol. The number of ether oxygens (including phenoxy) is 2. The van der Waals surface area contributed by atoms with Gasteiger partial charge in [0.1, 0.15) is 5.60 Å². The van der Waals surface area contributed by atoms with E-state index in [1.807, 2.05) is 20.8 Å². The lowest BCUT2D eigenvalue weighted by molar-refractivity contribution is -0.155. The highest BCUT2D eigenvalue weighted by molar-refractivity contribution is 5.78. The first kappa shape index (κ1) is 12.0. The fourth-order valence-electron chi connectivity index (χ4n) is 1.51. The molecule has 0 N–H and O–H groups in total. The average molecular weight is 214 g/mol. The van der Waals surface area contributed by atoms with Crippen LogP contribution in [0.5, 0.6) is 0 Å². The van der Waals surface area contributed by atoms with Crippen LogP contribution < -0.4 is 0 Å². The van der Waals surface area contributed by atoms with Crippen molar-refractivity contribution in [2.45, 2.75) is 39.2 Å². The Morgan fingerprint density at radius 3 is 2.40 bits per heavy atom. The predicted octanol–water partition coefficient (Wildman–Crippen LogP) is 1.53. The van der Waals surface area contributed by atoms with Crippen molar-refractivity contribution in [2.24, 2.45) is 11.8 Å². The summed E-state index contributed by atoms with van der Waals surface area (Å²) in [6.07, 6.45) is 1.06. The third kappa shape index (κ3) is 3.90. The fourth-order valence-corrected chi connectivity index (χ4v) is 1.51. The molecule has 0 saturated heterocycles. The van der Waals surface area contributed by atoms with Crippen LogP contribution in [0.1, 0.15) is 33.6 Å². The minimum atomic E-state index is -0.452. The molecule has 0 aromatic carbocycles. The van der Waals surface area contributed by atoms with E-state index in [-0.39, 0.29) is 23.8 Å². The van der Waals surface area contributed by atoms with Gasteiger partial charge in [0, 0.05) is 6.42 Å². The van der Waals surface area contributed by atoms with Crippen molar-refractivity contribution in [1.82, 2.24) is 0 Å². The minimum Gasteiger partial charge on any atom is -0.469 e. The van der Waals surface area contributed by atoms with E-state index in [1.165, 1.54) is 7.11 Å². The summed E-state index contributed by atoms with van der Waals surface area (Å²) >= 11 is 0. The van der Waals surface area contributed by atoms with E-state index in [2.05, 4.69) is 4.74 Å². The highest BCUT2D eigenvalue weighted by atomic mass is 16.6. The molecule has 1 aliphatic rings. The standard InChI is InChI=1S/C11H18O4/c1-11(2,3)15-9(12)6-7-5-8(7)10(13)14-4/h7-8H,5-6H2,1-4H3/t7-,8+/m1/s1. The van der Waals surface area contributed by atoms with Gasteiger partial charge >= 0.3 is 11.9 Å². The molecule has 15 heavy (non-hydrogen) atoms. The summed E-state index contributed by atoms with van der Waals surface area (Å²) in [7, 11) is 1.37. The van der Waals surface area contributed by atoms with Crippen molar-refractivity contribution in [2.75, 3.05) is 7.11 Å². The highest BCUT2D eigenvalue weighted by Crippen LogP contribution is 2.42. The molecule has 4 heteroatoms. The summed E-state index contributed by atoms with van der Waals surface area (Å²) in [5.41, 5.74) is -0.452. The molecule has 0 aliphatic heterocycles. The Labute approximate surface area is 89.9 Å². The van der Waals surface area contributed by atoms with Crippen LogP contribution in [-0.2, 0) is 19.1 Å². The van der Waals surface area contributed by atoms with Crippen LogP contribution in [-0.4, -0.2) is 24.6 Å². The maximum Gasteiger partial charge on any atom is 0.308 e. The molecule has 2 atom stereocenters. The normalized spacial score (nSPS) is 24.5. The van der Waals surface area contributed by atoms with E-state index >= 15 is 0 Å². The zero-order chi connectivity index (χ0) is 11.6. The molecular weight excluding hydrogens is 196 g/mol. The molecule has 0 aromatic heterocycles. The second-order valence-corrected chi connectivity index (χ2v) is 4.92. The van der Waals surface area contributed by atoms with Gasteiger partial charge in [-0.25, -0.2) is 0 Å². The molecule has 1 saturated carbocycles. The average Bonchev–Trinajstić information content (AvgIpc) is 2.79. The van der Waals surface area contributed by atoms with Crippen LogP contribution in [0.25, 0.3) is 0 Å². The van der Waals surface area contributed by atoms with Gasteiger partial charge < -0.3 is 9.47 Å². The number of esters is 2. The molecule has 1 aliphatic carbocycles. The smallest absolute Gasteiger partial charge is 0.308 e. The van der Waals surface area contributed by atoms with Crippen LogP contribution >= 0.6 is 0 Å². The maximum atomic E-state index is 11.4. The Kier molecular flexibility index (Phi) is 3.37. The third-order valence-electron chi connectivity index (χ3n) is 2.28. The van der Waals surface area contributed by atoms with Crippen molar-refractivity contribution < 1.29 is 19.1 Å². The lowest BCUT2D eigenvalue weighted by Crippen LogP contribution is -2.24. The summed E-state index contributed by atoms with van der Waals surface area (Å²) in [6.45, 7) is 5.49. The Hall–Kier alpha value is -1.06. The summed E-state index contributed by atoms with van der Waals surface area (Å²) in [5, 5.41) is 0. The molecule has 0 radical (unpaired) electrons. The maximum absolute atomic E-state index is 11.4. The van der Waals surface area contributed by atoms with Gasteiger partial charge in [-0.15, -0.1) is 0 Å². The largest absolute Gasteiger partial charge is 0.469 e. The number of hydrogen-bond acceptors (Lipinski definition) is 4. The van der Waals surface area contributed by atoms with Crippen molar-refractivity contribution in [3.63, 3.8) is 0 Å². The molecule has 4 nitrogen and oxygen atoms in total. The van der Waals surface area contributed by atoms with Gasteiger partial charge in [0.15, 0.2) is 0 Å². The van der Waals surface area contributed by atoms with Crippen LogP contribution in [0.15, 0.2) is 0 Å². The summed E-state index contributed by atoms with van der Waals surface area (Å²) in [4.78, 5) is 22.5. The van der Waals surface area contributed by atoms with Crippen LogP contribution in [0.2, 0.25) is 0 Å². The Bertz CT molecular complexity index is 264. The molecule has 0 aromatic rings. The Morgan fingerprint density at radius 1 is 1.33 bits per heavy atom. The number of methoxy groups -OCH3 is 1. The zero-order valence-electron chi connectivity index (χ0n) is 9.70. The summed E-state index contributed by atoms with van der Waals surface area (Å²) in [6, 6.07) is 0. The Morgan fingerprint density at radius 2 is 1.93 bits per heavy atom. The summed E-state index contributed by atoms with van der Waals surface area (Å²) in [5.74, 6) is -0.433. The van der Waals surface area contributed by atoms with Crippen LogP contribution in [0.4, 0.5) is 0 Å². The van der Waals surface area contributed by atoms with Gasteiger partial charge in [-0.2, -0.15) is 0 Å². The molecule has 0 heterocycles. The van der Waals surface area contributed by atoms with Gasteiger partial charge in [-0.05, 0) is 33.1 Å². The molecule has 1 fully saturated rings. The monoisotopic (exact) mass is 214 g/mol. The minimum absolute atomic E-state index is 0.0949. The first-order valence-electron chi connectivity index (χ1n) is 5.13. The zero-order valence-corrected chi connectivity index (χ0v) is 9.70. The number of carbonyl (C=O) groups is 2. The van der Waals surface area contributed by atoms with Crippen LogP contribution in [0, 0.1) is 11.8 Å². The van der Waals surface area contributed by atoms with E-state index in [0.717, 1.165) is 6.42 Å². The molecule has 1 rings (SSSR count). The van der Waals surface area contributed by atoms with Crippen molar-refractivity contribution >= 4 is 11.9 Å². The number of rotatable bonds is 3.